The van der Waals surface area contributed by atoms with Gasteiger partial charge in [0.2, 0.25) is 0 Å². The molecule has 1 amide bonds. The number of rotatable bonds is 7. The van der Waals surface area contributed by atoms with Crippen LogP contribution >= 0.6 is 0 Å². The molecular weight excluding hydrogens is 266 g/mol. The number of carbonyl (C=O) groups is 2. The molecule has 1 rings (SSSR count). The second-order valence-corrected chi connectivity index (χ2v) is 3.89. The van der Waals surface area contributed by atoms with Crippen molar-refractivity contribution in [3.63, 3.8) is 0 Å². The van der Waals surface area contributed by atoms with Gasteiger partial charge in [0, 0.05) is 13.2 Å². The van der Waals surface area contributed by atoms with Crippen molar-refractivity contribution in [3.05, 3.63) is 23.8 Å². The molecule has 20 heavy (non-hydrogen) atoms. The minimum absolute atomic E-state index is 0.125. The molecule has 1 aromatic carbocycles. The lowest BCUT2D eigenvalue weighted by Crippen LogP contribution is -2.43. The molecule has 7 nitrogen and oxygen atoms in total. The van der Waals surface area contributed by atoms with Gasteiger partial charge in [0.05, 0.1) is 26.4 Å². The Morgan fingerprint density at radius 1 is 1.25 bits per heavy atom. The highest BCUT2D eigenvalue weighted by Gasteiger charge is 2.22. The first-order valence-electron chi connectivity index (χ1n) is 5.78. The van der Waals surface area contributed by atoms with Crippen LogP contribution in [0, 0.1) is 0 Å². The molecule has 0 radical (unpaired) electrons. The molecule has 0 aromatic heterocycles. The highest BCUT2D eigenvalue weighted by atomic mass is 16.5. The van der Waals surface area contributed by atoms with Gasteiger partial charge in [-0.1, -0.05) is 0 Å². The molecule has 0 aliphatic rings. The van der Waals surface area contributed by atoms with E-state index < -0.39 is 17.9 Å². The maximum Gasteiger partial charge on any atom is 0.328 e. The fourth-order valence-corrected chi connectivity index (χ4v) is 1.56. The van der Waals surface area contributed by atoms with Crippen molar-refractivity contribution in [2.45, 2.75) is 6.04 Å². The third-order valence-electron chi connectivity index (χ3n) is 2.59. The molecule has 2 N–H and O–H groups in total. The monoisotopic (exact) mass is 283 g/mol. The average Bonchev–Trinajstić information content (AvgIpc) is 2.45. The standard InChI is InChI=1S/C13H17NO6/c1-18-7-10(13(16)17)14-12(15)9-5-4-8(19-2)6-11(9)20-3/h4-6,10H,7H2,1-3H3,(H,14,15)(H,16,17). The first-order valence-corrected chi connectivity index (χ1v) is 5.78. The lowest BCUT2D eigenvalue weighted by Gasteiger charge is -2.15. The first-order chi connectivity index (χ1) is 9.53. The lowest BCUT2D eigenvalue weighted by atomic mass is 10.1. The third kappa shape index (κ3) is 3.86. The fraction of sp³-hybridized carbons (Fsp3) is 0.385. The normalized spacial score (nSPS) is 11.6. The second-order valence-electron chi connectivity index (χ2n) is 3.89. The summed E-state index contributed by atoms with van der Waals surface area (Å²) in [5, 5.41) is 11.3. The van der Waals surface area contributed by atoms with Gasteiger partial charge in [0.15, 0.2) is 6.04 Å². The van der Waals surface area contributed by atoms with Gasteiger partial charge in [0.1, 0.15) is 11.5 Å². The van der Waals surface area contributed by atoms with Gasteiger partial charge in [-0.2, -0.15) is 0 Å². The Hall–Kier alpha value is -2.28. The van der Waals surface area contributed by atoms with E-state index >= 15 is 0 Å². The Morgan fingerprint density at radius 3 is 2.45 bits per heavy atom. The zero-order valence-electron chi connectivity index (χ0n) is 11.5. The molecule has 0 saturated carbocycles. The number of aliphatic carboxylic acids is 1. The van der Waals surface area contributed by atoms with Gasteiger partial charge in [-0.05, 0) is 12.1 Å². The van der Waals surface area contributed by atoms with Crippen LogP contribution in [0.4, 0.5) is 0 Å². The summed E-state index contributed by atoms with van der Waals surface area (Å²) in [7, 11) is 4.26. The number of carboxylic acids is 1. The van der Waals surface area contributed by atoms with Crippen LogP contribution in [0.15, 0.2) is 18.2 Å². The number of carbonyl (C=O) groups excluding carboxylic acids is 1. The van der Waals surface area contributed by atoms with Crippen molar-refractivity contribution in [1.29, 1.82) is 0 Å². The van der Waals surface area contributed by atoms with Crippen LogP contribution < -0.4 is 14.8 Å². The van der Waals surface area contributed by atoms with Crippen LogP contribution in [-0.2, 0) is 9.53 Å². The van der Waals surface area contributed by atoms with Gasteiger partial charge >= 0.3 is 5.97 Å². The zero-order chi connectivity index (χ0) is 15.1. The number of carboxylic acid groups (broad SMARTS) is 1. The second kappa shape index (κ2) is 7.34. The van der Waals surface area contributed by atoms with Crippen LogP contribution in [0.2, 0.25) is 0 Å². The number of methoxy groups -OCH3 is 3. The summed E-state index contributed by atoms with van der Waals surface area (Å²) in [4.78, 5) is 23.0. The van der Waals surface area contributed by atoms with Crippen molar-refractivity contribution in [2.75, 3.05) is 27.9 Å². The largest absolute Gasteiger partial charge is 0.497 e. The predicted octanol–water partition coefficient (Wildman–Crippen LogP) is 0.533. The first kappa shape index (κ1) is 15.8. The predicted molar refractivity (Wildman–Crippen MR) is 70.3 cm³/mol. The number of nitrogens with one attached hydrogen (secondary N) is 1. The van der Waals surface area contributed by atoms with Crippen molar-refractivity contribution >= 4 is 11.9 Å². The smallest absolute Gasteiger partial charge is 0.328 e. The Morgan fingerprint density at radius 2 is 1.95 bits per heavy atom. The molecule has 0 aliphatic carbocycles. The van der Waals surface area contributed by atoms with E-state index in [9.17, 15) is 9.59 Å². The number of benzene rings is 1. The number of hydrogen-bond acceptors (Lipinski definition) is 5. The molecule has 1 aromatic rings. The topological polar surface area (TPSA) is 94.1 Å². The van der Waals surface area contributed by atoms with Crippen molar-refractivity contribution in [2.24, 2.45) is 0 Å². The third-order valence-corrected chi connectivity index (χ3v) is 2.59. The lowest BCUT2D eigenvalue weighted by molar-refractivity contribution is -0.140. The molecule has 0 spiro atoms. The summed E-state index contributed by atoms with van der Waals surface area (Å²) >= 11 is 0. The Balaban J connectivity index is 2.93. The molecule has 0 bridgehead atoms. The summed E-state index contributed by atoms with van der Waals surface area (Å²) in [5.74, 6) is -0.907. The summed E-state index contributed by atoms with van der Waals surface area (Å²) in [5.41, 5.74) is 0.218. The van der Waals surface area contributed by atoms with Crippen LogP contribution in [0.25, 0.3) is 0 Å². The van der Waals surface area contributed by atoms with E-state index in [1.54, 1.807) is 12.1 Å². The maximum absolute atomic E-state index is 12.1. The van der Waals surface area contributed by atoms with Crippen molar-refractivity contribution < 1.29 is 28.9 Å². The van der Waals surface area contributed by atoms with E-state index in [0.717, 1.165) is 0 Å². The van der Waals surface area contributed by atoms with Gasteiger partial charge in [-0.25, -0.2) is 4.79 Å². The quantitative estimate of drug-likeness (QED) is 0.758. The molecule has 110 valence electrons. The number of amides is 1. The summed E-state index contributed by atoms with van der Waals surface area (Å²) in [6.07, 6.45) is 0. The summed E-state index contributed by atoms with van der Waals surface area (Å²) in [6, 6.07) is 3.50. The molecule has 0 heterocycles. The van der Waals surface area contributed by atoms with E-state index in [-0.39, 0.29) is 12.2 Å². The highest BCUT2D eigenvalue weighted by Crippen LogP contribution is 2.24. The molecule has 0 saturated heterocycles. The minimum Gasteiger partial charge on any atom is -0.497 e. The van der Waals surface area contributed by atoms with E-state index in [2.05, 4.69) is 5.32 Å². The van der Waals surface area contributed by atoms with E-state index in [1.165, 1.54) is 27.4 Å². The number of ether oxygens (including phenoxy) is 3. The molecule has 0 aliphatic heterocycles. The minimum atomic E-state index is -1.17. The number of hydrogen-bond donors (Lipinski definition) is 2. The van der Waals surface area contributed by atoms with Crippen LogP contribution in [0.3, 0.4) is 0 Å². The van der Waals surface area contributed by atoms with E-state index in [1.807, 2.05) is 0 Å². The maximum atomic E-state index is 12.1. The Labute approximate surface area is 116 Å². The zero-order valence-corrected chi connectivity index (χ0v) is 11.5. The van der Waals surface area contributed by atoms with Crippen molar-refractivity contribution in [1.82, 2.24) is 5.32 Å². The SMILES string of the molecule is COCC(NC(=O)c1ccc(OC)cc1OC)C(=O)O. The van der Waals surface area contributed by atoms with Gasteiger partial charge < -0.3 is 24.6 Å². The summed E-state index contributed by atoms with van der Waals surface area (Å²) in [6.45, 7) is -0.125. The Bertz CT molecular complexity index is 488. The fourth-order valence-electron chi connectivity index (χ4n) is 1.56. The Kier molecular flexibility index (Phi) is 5.79. The van der Waals surface area contributed by atoms with Crippen molar-refractivity contribution in [3.8, 4) is 11.5 Å². The molecule has 7 heteroatoms. The van der Waals surface area contributed by atoms with Crippen LogP contribution in [-0.4, -0.2) is 51.0 Å². The van der Waals surface area contributed by atoms with E-state index in [4.69, 9.17) is 19.3 Å². The highest BCUT2D eigenvalue weighted by molar-refractivity contribution is 5.99. The molecular formula is C13H17NO6. The average molecular weight is 283 g/mol. The molecule has 1 unspecified atom stereocenters. The molecule has 0 fully saturated rings. The molecule has 1 atom stereocenters. The van der Waals surface area contributed by atoms with Crippen LogP contribution in [0.5, 0.6) is 11.5 Å². The van der Waals surface area contributed by atoms with Gasteiger partial charge in [0.25, 0.3) is 5.91 Å². The summed E-state index contributed by atoms with van der Waals surface area (Å²) < 4.78 is 14.9. The van der Waals surface area contributed by atoms with Gasteiger partial charge in [-0.3, -0.25) is 4.79 Å². The van der Waals surface area contributed by atoms with E-state index in [0.29, 0.717) is 11.5 Å². The van der Waals surface area contributed by atoms with Gasteiger partial charge in [-0.15, -0.1) is 0 Å². The van der Waals surface area contributed by atoms with Crippen LogP contribution in [0.1, 0.15) is 10.4 Å².